The van der Waals surface area contributed by atoms with Crippen molar-refractivity contribution in [3.05, 3.63) is 68.6 Å². The monoisotopic (exact) mass is 548 g/mol. The van der Waals surface area contributed by atoms with Crippen LogP contribution in [0.5, 0.6) is 11.5 Å². The fourth-order valence-electron chi connectivity index (χ4n) is 5.52. The van der Waals surface area contributed by atoms with Gasteiger partial charge in [-0.15, -0.1) is 0 Å². The van der Waals surface area contributed by atoms with E-state index in [1.54, 1.807) is 12.0 Å². The minimum atomic E-state index is -0.576. The molecule has 0 N–H and O–H groups in total. The lowest BCUT2D eigenvalue weighted by atomic mass is 9.97. The van der Waals surface area contributed by atoms with Crippen LogP contribution in [-0.4, -0.2) is 68.8 Å². The largest absolute Gasteiger partial charge is 0.493 e. The van der Waals surface area contributed by atoms with Gasteiger partial charge in [-0.3, -0.25) is 14.5 Å². The van der Waals surface area contributed by atoms with E-state index in [1.807, 2.05) is 44.2 Å². The van der Waals surface area contributed by atoms with Crippen LogP contribution in [0.3, 0.4) is 0 Å². The van der Waals surface area contributed by atoms with E-state index in [-0.39, 0.29) is 17.1 Å². The second-order valence-corrected chi connectivity index (χ2v) is 11.3. The highest BCUT2D eigenvalue weighted by atomic mass is 16.5. The number of nitrogens with zero attached hydrogens (tertiary/aromatic N) is 2. The molecule has 5 rings (SSSR count). The molecule has 8 heteroatoms. The summed E-state index contributed by atoms with van der Waals surface area (Å²) < 4.78 is 23.4. The van der Waals surface area contributed by atoms with Gasteiger partial charge in [0.1, 0.15) is 5.58 Å². The van der Waals surface area contributed by atoms with Gasteiger partial charge in [0.2, 0.25) is 5.76 Å². The van der Waals surface area contributed by atoms with Gasteiger partial charge in [0, 0.05) is 26.2 Å². The number of hydrogen-bond donors (Lipinski definition) is 0. The molecule has 0 spiro atoms. The summed E-state index contributed by atoms with van der Waals surface area (Å²) in [7, 11) is 1.61. The molecule has 1 amide bonds. The average molecular weight is 549 g/mol. The third kappa shape index (κ3) is 5.60. The number of hydrogen-bond acceptors (Lipinski definition) is 7. The fourth-order valence-corrected chi connectivity index (χ4v) is 5.52. The molecule has 0 bridgehead atoms. The van der Waals surface area contributed by atoms with E-state index in [0.29, 0.717) is 47.1 Å². The highest BCUT2D eigenvalue weighted by molar-refractivity contribution is 5.99. The highest BCUT2D eigenvalue weighted by Crippen LogP contribution is 2.41. The third-order valence-corrected chi connectivity index (χ3v) is 8.02. The van der Waals surface area contributed by atoms with Crippen molar-refractivity contribution in [2.75, 3.05) is 53.1 Å². The van der Waals surface area contributed by atoms with Crippen LogP contribution < -0.4 is 14.9 Å². The van der Waals surface area contributed by atoms with E-state index in [0.717, 1.165) is 62.4 Å². The van der Waals surface area contributed by atoms with Gasteiger partial charge in [0.05, 0.1) is 43.9 Å². The predicted octanol–water partition coefficient (Wildman–Crippen LogP) is 5.11. The summed E-state index contributed by atoms with van der Waals surface area (Å²) in [6, 6.07) is 8.83. The van der Waals surface area contributed by atoms with Crippen LogP contribution in [-0.2, 0) is 4.74 Å². The molecular formula is C32H40N2O6. The molecule has 0 aliphatic carbocycles. The Labute approximate surface area is 235 Å². The van der Waals surface area contributed by atoms with E-state index in [9.17, 15) is 9.59 Å². The van der Waals surface area contributed by atoms with E-state index in [4.69, 9.17) is 18.6 Å². The maximum absolute atomic E-state index is 14.0. The first kappa shape index (κ1) is 28.2. The molecule has 214 valence electrons. The molecule has 1 aromatic heterocycles. The predicted molar refractivity (Wildman–Crippen MR) is 155 cm³/mol. The zero-order chi connectivity index (χ0) is 28.4. The summed E-state index contributed by atoms with van der Waals surface area (Å²) in [6.45, 7) is 13.4. The fraction of sp³-hybridized carbons (Fsp3) is 0.500. The van der Waals surface area contributed by atoms with Crippen molar-refractivity contribution in [1.82, 2.24) is 9.80 Å². The quantitative estimate of drug-likeness (QED) is 0.348. The first-order chi connectivity index (χ1) is 19.3. The number of benzene rings is 2. The van der Waals surface area contributed by atoms with Crippen molar-refractivity contribution in [1.29, 1.82) is 0 Å². The van der Waals surface area contributed by atoms with Gasteiger partial charge in [0.15, 0.2) is 16.9 Å². The smallest absolute Gasteiger partial charge is 0.290 e. The molecule has 40 heavy (non-hydrogen) atoms. The van der Waals surface area contributed by atoms with Crippen molar-refractivity contribution in [3.8, 4) is 11.5 Å². The molecule has 2 aliphatic heterocycles. The summed E-state index contributed by atoms with van der Waals surface area (Å²) >= 11 is 0. The number of ether oxygens (including phenoxy) is 3. The SMILES string of the molecule is COc1cc(C2c3c(oc4cc(C)c(C)cc4c3=O)C(=O)N2CCCN2CCOCC2)ccc1OCCC(C)C. The van der Waals surface area contributed by atoms with Crippen molar-refractivity contribution < 1.29 is 23.4 Å². The number of carbonyl (C=O) groups is 1. The second-order valence-electron chi connectivity index (χ2n) is 11.3. The molecule has 3 aromatic rings. The number of fused-ring (bicyclic) bond motifs is 2. The number of morpholine rings is 1. The van der Waals surface area contributed by atoms with Crippen molar-refractivity contribution in [3.63, 3.8) is 0 Å². The Bertz CT molecular complexity index is 1440. The minimum Gasteiger partial charge on any atom is -0.493 e. The van der Waals surface area contributed by atoms with E-state index in [1.165, 1.54) is 0 Å². The molecule has 2 aromatic carbocycles. The van der Waals surface area contributed by atoms with Crippen LogP contribution in [0.1, 0.15) is 65.5 Å². The zero-order valence-electron chi connectivity index (χ0n) is 24.2. The standard InChI is InChI=1S/C32H40N2O6/c1-20(2)9-14-39-25-8-7-23(19-27(25)37-5)29-28-30(35)24-17-21(3)22(4)18-26(24)40-31(28)32(36)34(29)11-6-10-33-12-15-38-16-13-33/h7-8,17-20,29H,6,9-16H2,1-5H3. The van der Waals surface area contributed by atoms with Gasteiger partial charge in [0.25, 0.3) is 5.91 Å². The van der Waals surface area contributed by atoms with E-state index in [2.05, 4.69) is 18.7 Å². The molecule has 1 saturated heterocycles. The zero-order valence-corrected chi connectivity index (χ0v) is 24.2. The van der Waals surface area contributed by atoms with Crippen LogP contribution in [0, 0.1) is 19.8 Å². The molecule has 1 fully saturated rings. The Morgan fingerprint density at radius 3 is 2.48 bits per heavy atom. The molecule has 8 nitrogen and oxygen atoms in total. The van der Waals surface area contributed by atoms with Crippen molar-refractivity contribution >= 4 is 16.9 Å². The number of carbonyl (C=O) groups excluding carboxylic acids is 1. The van der Waals surface area contributed by atoms with Crippen LogP contribution in [0.25, 0.3) is 11.0 Å². The summed E-state index contributed by atoms with van der Waals surface area (Å²) in [5.74, 6) is 1.63. The molecular weight excluding hydrogens is 508 g/mol. The lowest BCUT2D eigenvalue weighted by molar-refractivity contribution is 0.0353. The topological polar surface area (TPSA) is 81.5 Å². The van der Waals surface area contributed by atoms with Crippen LogP contribution in [0.4, 0.5) is 0 Å². The molecule has 0 radical (unpaired) electrons. The Morgan fingerprint density at radius 2 is 1.75 bits per heavy atom. The molecule has 3 heterocycles. The summed E-state index contributed by atoms with van der Waals surface area (Å²) in [5, 5.41) is 0.496. The first-order valence-corrected chi connectivity index (χ1v) is 14.3. The normalized spacial score (nSPS) is 17.6. The minimum absolute atomic E-state index is 0.133. The summed E-state index contributed by atoms with van der Waals surface area (Å²) in [5.41, 5.74) is 3.49. The Morgan fingerprint density at radius 1 is 1.00 bits per heavy atom. The van der Waals surface area contributed by atoms with Crippen LogP contribution in [0.2, 0.25) is 0 Å². The lowest BCUT2D eigenvalue weighted by Crippen LogP contribution is -2.38. The summed E-state index contributed by atoms with van der Waals surface area (Å²) in [4.78, 5) is 32.0. The molecule has 2 aliphatic rings. The number of amides is 1. The van der Waals surface area contributed by atoms with Gasteiger partial charge >= 0.3 is 0 Å². The molecule has 1 unspecified atom stereocenters. The molecule has 0 saturated carbocycles. The number of methoxy groups -OCH3 is 1. The third-order valence-electron chi connectivity index (χ3n) is 8.02. The molecule has 1 atom stereocenters. The van der Waals surface area contributed by atoms with Crippen molar-refractivity contribution in [2.45, 2.75) is 46.6 Å². The number of aryl methyl sites for hydroxylation is 2. The van der Waals surface area contributed by atoms with E-state index >= 15 is 0 Å². The Hall–Kier alpha value is -3.36. The average Bonchev–Trinajstić information content (AvgIpc) is 3.22. The van der Waals surface area contributed by atoms with Gasteiger partial charge in [-0.2, -0.15) is 0 Å². The first-order valence-electron chi connectivity index (χ1n) is 14.3. The van der Waals surface area contributed by atoms with Gasteiger partial charge < -0.3 is 23.5 Å². The van der Waals surface area contributed by atoms with Crippen LogP contribution >= 0.6 is 0 Å². The van der Waals surface area contributed by atoms with Crippen LogP contribution in [0.15, 0.2) is 39.5 Å². The van der Waals surface area contributed by atoms with Gasteiger partial charge in [-0.25, -0.2) is 0 Å². The highest BCUT2D eigenvalue weighted by Gasteiger charge is 2.42. The van der Waals surface area contributed by atoms with Gasteiger partial charge in [-0.1, -0.05) is 19.9 Å². The number of rotatable bonds is 10. The van der Waals surface area contributed by atoms with Crippen molar-refractivity contribution in [2.24, 2.45) is 5.92 Å². The second kappa shape index (κ2) is 12.0. The van der Waals surface area contributed by atoms with Gasteiger partial charge in [-0.05, 0) is 73.6 Å². The van der Waals surface area contributed by atoms with E-state index < -0.39 is 6.04 Å². The Kier molecular flexibility index (Phi) is 8.47. The summed E-state index contributed by atoms with van der Waals surface area (Å²) in [6.07, 6.45) is 1.70. The maximum atomic E-state index is 14.0. The maximum Gasteiger partial charge on any atom is 0.290 e. The Balaban J connectivity index is 1.53. The lowest BCUT2D eigenvalue weighted by Gasteiger charge is -2.29.